The molecule has 0 fully saturated rings. The summed E-state index contributed by atoms with van der Waals surface area (Å²) in [5.74, 6) is 0.987. The predicted octanol–water partition coefficient (Wildman–Crippen LogP) is -0.00780. The molecule has 1 unspecified atom stereocenters. The van der Waals surface area contributed by atoms with E-state index in [-0.39, 0.29) is 17.9 Å². The summed E-state index contributed by atoms with van der Waals surface area (Å²) in [5.41, 5.74) is -1.57. The fourth-order valence-corrected chi connectivity index (χ4v) is 1.79. The molecule has 8 nitrogen and oxygen atoms in total. The second-order valence-electron chi connectivity index (χ2n) is 4.50. The van der Waals surface area contributed by atoms with Gasteiger partial charge in [0.25, 0.3) is 5.56 Å². The number of aromatic amines is 1. The first-order chi connectivity index (χ1) is 9.93. The third-order valence-corrected chi connectivity index (χ3v) is 2.98. The molecule has 0 saturated carbocycles. The Morgan fingerprint density at radius 2 is 2.24 bits per heavy atom. The van der Waals surface area contributed by atoms with E-state index in [0.717, 1.165) is 4.57 Å². The van der Waals surface area contributed by atoms with Crippen LogP contribution < -0.4 is 16.6 Å². The van der Waals surface area contributed by atoms with Gasteiger partial charge in [0.15, 0.2) is 5.56 Å². The minimum atomic E-state index is -0.974. The summed E-state index contributed by atoms with van der Waals surface area (Å²) in [4.78, 5) is 25.7. The fourth-order valence-electron chi connectivity index (χ4n) is 1.79. The third kappa shape index (κ3) is 2.88. The zero-order chi connectivity index (χ0) is 15.6. The summed E-state index contributed by atoms with van der Waals surface area (Å²) in [6.45, 7) is 1.72. The van der Waals surface area contributed by atoms with Crippen LogP contribution in [0.2, 0.25) is 0 Å². The number of aliphatic hydroxyl groups is 1. The van der Waals surface area contributed by atoms with Crippen LogP contribution in [0, 0.1) is 18.3 Å². The molecule has 0 aliphatic rings. The Morgan fingerprint density at radius 3 is 2.81 bits per heavy atom. The second kappa shape index (κ2) is 5.68. The van der Waals surface area contributed by atoms with Crippen LogP contribution in [0.3, 0.4) is 0 Å². The van der Waals surface area contributed by atoms with Crippen molar-refractivity contribution in [3.05, 3.63) is 50.1 Å². The van der Waals surface area contributed by atoms with Gasteiger partial charge in [0.05, 0.1) is 0 Å². The molecule has 0 amide bonds. The molecule has 2 heterocycles. The minimum absolute atomic E-state index is 0.0204. The monoisotopic (exact) mass is 290 g/mol. The standard InChI is InChI=1S/C13H14N4O4/c1-7-3-4-10(21-7)9(18)6-15-11-8(5-14)12(19)17(2)13(20)16-11/h3-4,9,15,18H,6H2,1-2H3,(H,16,20). The lowest BCUT2D eigenvalue weighted by Crippen LogP contribution is -2.35. The highest BCUT2D eigenvalue weighted by molar-refractivity contribution is 5.50. The van der Waals surface area contributed by atoms with E-state index in [9.17, 15) is 14.7 Å². The molecule has 0 aliphatic carbocycles. The Kier molecular flexibility index (Phi) is 3.95. The first-order valence-corrected chi connectivity index (χ1v) is 6.15. The average Bonchev–Trinajstić information content (AvgIpc) is 2.89. The lowest BCUT2D eigenvalue weighted by Gasteiger charge is -2.11. The van der Waals surface area contributed by atoms with Crippen molar-refractivity contribution in [3.63, 3.8) is 0 Å². The maximum Gasteiger partial charge on any atom is 0.329 e. The number of furan rings is 1. The van der Waals surface area contributed by atoms with Crippen LogP contribution in [-0.2, 0) is 7.05 Å². The number of aliphatic hydroxyl groups excluding tert-OH is 1. The summed E-state index contributed by atoms with van der Waals surface area (Å²) < 4.78 is 6.07. The van der Waals surface area contributed by atoms with Crippen LogP contribution in [-0.4, -0.2) is 21.2 Å². The number of H-pyrrole nitrogens is 1. The van der Waals surface area contributed by atoms with Gasteiger partial charge in [-0.25, -0.2) is 4.79 Å². The van der Waals surface area contributed by atoms with E-state index in [1.807, 2.05) is 0 Å². The van der Waals surface area contributed by atoms with Crippen molar-refractivity contribution in [2.75, 3.05) is 11.9 Å². The highest BCUT2D eigenvalue weighted by Crippen LogP contribution is 2.16. The van der Waals surface area contributed by atoms with Crippen molar-refractivity contribution in [3.8, 4) is 6.07 Å². The Bertz CT molecular complexity index is 809. The molecule has 2 rings (SSSR count). The first-order valence-electron chi connectivity index (χ1n) is 6.15. The van der Waals surface area contributed by atoms with Gasteiger partial charge in [0, 0.05) is 13.6 Å². The average molecular weight is 290 g/mol. The molecule has 0 spiro atoms. The van der Waals surface area contributed by atoms with Crippen molar-refractivity contribution in [2.45, 2.75) is 13.0 Å². The van der Waals surface area contributed by atoms with Crippen LogP contribution in [0.25, 0.3) is 0 Å². The van der Waals surface area contributed by atoms with Gasteiger partial charge in [0.2, 0.25) is 0 Å². The smallest absolute Gasteiger partial charge is 0.329 e. The number of hydrogen-bond donors (Lipinski definition) is 3. The summed E-state index contributed by atoms with van der Waals surface area (Å²) in [6, 6.07) is 5.06. The number of hydrogen-bond acceptors (Lipinski definition) is 6. The van der Waals surface area contributed by atoms with Gasteiger partial charge in [-0.2, -0.15) is 5.26 Å². The van der Waals surface area contributed by atoms with Crippen molar-refractivity contribution in [1.29, 1.82) is 5.26 Å². The van der Waals surface area contributed by atoms with Crippen molar-refractivity contribution >= 4 is 5.82 Å². The van der Waals surface area contributed by atoms with E-state index in [2.05, 4.69) is 10.3 Å². The summed E-state index contributed by atoms with van der Waals surface area (Å²) in [6.07, 6.45) is -0.974. The largest absolute Gasteiger partial charge is 0.464 e. The van der Waals surface area contributed by atoms with Gasteiger partial charge in [-0.3, -0.25) is 14.3 Å². The second-order valence-corrected chi connectivity index (χ2v) is 4.50. The number of nitrogens with one attached hydrogen (secondary N) is 2. The van der Waals surface area contributed by atoms with Crippen LogP contribution in [0.5, 0.6) is 0 Å². The van der Waals surface area contributed by atoms with Crippen molar-refractivity contribution in [1.82, 2.24) is 9.55 Å². The topological polar surface area (TPSA) is 124 Å². The fraction of sp³-hybridized carbons (Fsp3) is 0.308. The van der Waals surface area contributed by atoms with Crippen LogP contribution >= 0.6 is 0 Å². The van der Waals surface area contributed by atoms with Crippen LogP contribution in [0.4, 0.5) is 5.82 Å². The van der Waals surface area contributed by atoms with Crippen molar-refractivity contribution < 1.29 is 9.52 Å². The summed E-state index contributed by atoms with van der Waals surface area (Å²) >= 11 is 0. The zero-order valence-electron chi connectivity index (χ0n) is 11.5. The SMILES string of the molecule is Cc1ccc(C(O)CNc2[nH]c(=O)n(C)c(=O)c2C#N)o1. The molecule has 0 saturated heterocycles. The van der Waals surface area contributed by atoms with E-state index >= 15 is 0 Å². The van der Waals surface area contributed by atoms with E-state index in [1.54, 1.807) is 25.1 Å². The van der Waals surface area contributed by atoms with Gasteiger partial charge < -0.3 is 14.8 Å². The molecule has 0 radical (unpaired) electrons. The lowest BCUT2D eigenvalue weighted by atomic mass is 10.2. The zero-order valence-corrected chi connectivity index (χ0v) is 11.5. The van der Waals surface area contributed by atoms with Gasteiger partial charge >= 0.3 is 5.69 Å². The van der Waals surface area contributed by atoms with Gasteiger partial charge in [0.1, 0.15) is 29.5 Å². The molecular weight excluding hydrogens is 276 g/mol. The van der Waals surface area contributed by atoms with Gasteiger partial charge in [-0.1, -0.05) is 0 Å². The Hall–Kier alpha value is -2.79. The number of anilines is 1. The van der Waals surface area contributed by atoms with E-state index in [4.69, 9.17) is 9.68 Å². The quantitative estimate of drug-likeness (QED) is 0.727. The maximum absolute atomic E-state index is 11.8. The first kappa shape index (κ1) is 14.6. The van der Waals surface area contributed by atoms with Gasteiger partial charge in [-0.15, -0.1) is 0 Å². The lowest BCUT2D eigenvalue weighted by molar-refractivity contribution is 0.161. The van der Waals surface area contributed by atoms with Crippen molar-refractivity contribution in [2.24, 2.45) is 7.05 Å². The molecule has 8 heteroatoms. The summed E-state index contributed by atoms with van der Waals surface area (Å²) in [7, 11) is 1.27. The normalized spacial score (nSPS) is 11.9. The highest BCUT2D eigenvalue weighted by Gasteiger charge is 2.15. The van der Waals surface area contributed by atoms with Crippen LogP contribution in [0.15, 0.2) is 26.1 Å². The van der Waals surface area contributed by atoms with Gasteiger partial charge in [-0.05, 0) is 19.1 Å². The predicted molar refractivity (Wildman–Crippen MR) is 73.9 cm³/mol. The van der Waals surface area contributed by atoms with E-state index in [1.165, 1.54) is 7.05 Å². The van der Waals surface area contributed by atoms with E-state index in [0.29, 0.717) is 11.5 Å². The molecule has 2 aromatic rings. The molecule has 21 heavy (non-hydrogen) atoms. The molecule has 0 aromatic carbocycles. The number of rotatable bonds is 4. The molecule has 0 bridgehead atoms. The molecule has 3 N–H and O–H groups in total. The van der Waals surface area contributed by atoms with Crippen LogP contribution in [0.1, 0.15) is 23.2 Å². The molecule has 2 aromatic heterocycles. The number of aryl methyl sites for hydroxylation is 1. The number of aromatic nitrogens is 2. The Labute approximate surface area is 119 Å². The number of nitrogens with zero attached hydrogens (tertiary/aromatic N) is 2. The minimum Gasteiger partial charge on any atom is -0.464 e. The molecule has 1 atom stereocenters. The van der Waals surface area contributed by atoms with E-state index < -0.39 is 17.4 Å². The Balaban J connectivity index is 2.23. The molecule has 0 aliphatic heterocycles. The number of nitriles is 1. The highest BCUT2D eigenvalue weighted by atomic mass is 16.4. The molecule has 110 valence electrons. The summed E-state index contributed by atoms with van der Waals surface area (Å²) in [5, 5.41) is 21.6. The Morgan fingerprint density at radius 1 is 1.52 bits per heavy atom. The maximum atomic E-state index is 11.8. The molecular formula is C13H14N4O4. The third-order valence-electron chi connectivity index (χ3n) is 2.98.